The van der Waals surface area contributed by atoms with Gasteiger partial charge in [-0.3, -0.25) is 4.98 Å². The third-order valence-electron chi connectivity index (χ3n) is 3.69. The van der Waals surface area contributed by atoms with Crippen LogP contribution in [0, 0.1) is 11.3 Å². The Labute approximate surface area is 106 Å². The van der Waals surface area contributed by atoms with Gasteiger partial charge in [0.2, 0.25) is 0 Å². The van der Waals surface area contributed by atoms with Crippen LogP contribution >= 0.6 is 15.9 Å². The van der Waals surface area contributed by atoms with Crippen molar-refractivity contribution in [3.8, 4) is 0 Å². The predicted molar refractivity (Wildman–Crippen MR) is 70.1 cm³/mol. The molecule has 0 atom stereocenters. The van der Waals surface area contributed by atoms with Crippen LogP contribution < -0.4 is 5.32 Å². The van der Waals surface area contributed by atoms with Crippen molar-refractivity contribution in [1.29, 1.82) is 0 Å². The number of rotatable bonds is 5. The summed E-state index contributed by atoms with van der Waals surface area (Å²) in [7, 11) is 0. The molecule has 0 aliphatic heterocycles. The number of hydrogen-bond acceptors (Lipinski definition) is 2. The van der Waals surface area contributed by atoms with E-state index >= 15 is 0 Å². The van der Waals surface area contributed by atoms with Gasteiger partial charge in [-0.25, -0.2) is 0 Å². The van der Waals surface area contributed by atoms with Crippen LogP contribution in [0.15, 0.2) is 22.8 Å². The molecular formula is C13H19BrN2. The molecule has 1 aromatic rings. The van der Waals surface area contributed by atoms with E-state index in [1.54, 1.807) is 0 Å². The summed E-state index contributed by atoms with van der Waals surface area (Å²) in [6.07, 6.45) is 4.61. The summed E-state index contributed by atoms with van der Waals surface area (Å²) < 4.78 is 1.04. The molecule has 0 bridgehead atoms. The van der Waals surface area contributed by atoms with E-state index in [4.69, 9.17) is 0 Å². The lowest BCUT2D eigenvalue weighted by Gasteiger charge is -2.19. The molecule has 1 aromatic heterocycles. The summed E-state index contributed by atoms with van der Waals surface area (Å²) in [6.45, 7) is 6.66. The molecule has 0 saturated heterocycles. The van der Waals surface area contributed by atoms with Gasteiger partial charge in [0.15, 0.2) is 0 Å². The Morgan fingerprint density at radius 3 is 2.69 bits per heavy atom. The maximum absolute atomic E-state index is 4.35. The molecule has 16 heavy (non-hydrogen) atoms. The first-order valence-electron chi connectivity index (χ1n) is 5.93. The molecule has 1 heterocycles. The largest absolute Gasteiger partial charge is 0.311 e. The number of hydrogen-bond donors (Lipinski definition) is 1. The number of aromatic nitrogens is 1. The Hall–Kier alpha value is -0.410. The van der Waals surface area contributed by atoms with Gasteiger partial charge in [-0.1, -0.05) is 13.8 Å². The molecular weight excluding hydrogens is 264 g/mol. The molecule has 3 heteroatoms. The van der Waals surface area contributed by atoms with Gasteiger partial charge in [-0.05, 0) is 52.2 Å². The SMILES string of the molecule is CC(C)C1(CNCc2ccc(Br)cn2)CC1. The summed E-state index contributed by atoms with van der Waals surface area (Å²) in [5.41, 5.74) is 1.69. The van der Waals surface area contributed by atoms with Crippen molar-refractivity contribution < 1.29 is 0 Å². The fraction of sp³-hybridized carbons (Fsp3) is 0.615. The van der Waals surface area contributed by atoms with E-state index in [-0.39, 0.29) is 0 Å². The van der Waals surface area contributed by atoms with Crippen molar-refractivity contribution in [2.75, 3.05) is 6.54 Å². The highest BCUT2D eigenvalue weighted by Gasteiger charge is 2.44. The molecule has 0 unspecified atom stereocenters. The van der Waals surface area contributed by atoms with E-state index in [2.05, 4.69) is 46.1 Å². The maximum atomic E-state index is 4.35. The Balaban J connectivity index is 1.78. The van der Waals surface area contributed by atoms with E-state index in [1.165, 1.54) is 12.8 Å². The van der Waals surface area contributed by atoms with Crippen LogP contribution in [-0.4, -0.2) is 11.5 Å². The molecule has 2 rings (SSSR count). The molecule has 0 radical (unpaired) electrons. The minimum absolute atomic E-state index is 0.579. The number of nitrogens with zero attached hydrogens (tertiary/aromatic N) is 1. The van der Waals surface area contributed by atoms with Gasteiger partial charge >= 0.3 is 0 Å². The van der Waals surface area contributed by atoms with Gasteiger partial charge < -0.3 is 5.32 Å². The molecule has 0 spiro atoms. The van der Waals surface area contributed by atoms with Gasteiger partial charge in [0.25, 0.3) is 0 Å². The van der Waals surface area contributed by atoms with Crippen LogP contribution in [0.2, 0.25) is 0 Å². The predicted octanol–water partition coefficient (Wildman–Crippen LogP) is 3.37. The Morgan fingerprint density at radius 1 is 1.44 bits per heavy atom. The van der Waals surface area contributed by atoms with Gasteiger partial charge in [-0.15, -0.1) is 0 Å². The van der Waals surface area contributed by atoms with Crippen molar-refractivity contribution in [2.45, 2.75) is 33.2 Å². The fourth-order valence-electron chi connectivity index (χ4n) is 2.07. The zero-order chi connectivity index (χ0) is 11.6. The normalized spacial score (nSPS) is 17.8. The minimum Gasteiger partial charge on any atom is -0.311 e. The second kappa shape index (κ2) is 4.84. The zero-order valence-electron chi connectivity index (χ0n) is 9.96. The van der Waals surface area contributed by atoms with Crippen molar-refractivity contribution in [3.63, 3.8) is 0 Å². The number of pyridine rings is 1. The second-order valence-corrected chi connectivity index (χ2v) is 6.00. The molecule has 88 valence electrons. The van der Waals surface area contributed by atoms with Crippen molar-refractivity contribution >= 4 is 15.9 Å². The van der Waals surface area contributed by atoms with Crippen molar-refractivity contribution in [2.24, 2.45) is 11.3 Å². The first-order chi connectivity index (χ1) is 7.62. The smallest absolute Gasteiger partial charge is 0.0542 e. The van der Waals surface area contributed by atoms with E-state index < -0.39 is 0 Å². The van der Waals surface area contributed by atoms with Gasteiger partial charge in [-0.2, -0.15) is 0 Å². The summed E-state index contributed by atoms with van der Waals surface area (Å²) in [5, 5.41) is 3.53. The molecule has 1 fully saturated rings. The van der Waals surface area contributed by atoms with Crippen LogP contribution in [0.5, 0.6) is 0 Å². The fourth-order valence-corrected chi connectivity index (χ4v) is 2.30. The van der Waals surface area contributed by atoms with Crippen LogP contribution in [0.4, 0.5) is 0 Å². The monoisotopic (exact) mass is 282 g/mol. The molecule has 1 aliphatic carbocycles. The number of nitrogens with one attached hydrogen (secondary N) is 1. The average molecular weight is 283 g/mol. The summed E-state index contributed by atoms with van der Waals surface area (Å²) in [5.74, 6) is 0.790. The van der Waals surface area contributed by atoms with Gasteiger partial charge in [0.1, 0.15) is 0 Å². The maximum Gasteiger partial charge on any atom is 0.0542 e. The first kappa shape index (κ1) is 12.1. The quantitative estimate of drug-likeness (QED) is 0.896. The molecule has 2 nitrogen and oxygen atoms in total. The second-order valence-electron chi connectivity index (χ2n) is 5.09. The third kappa shape index (κ3) is 2.83. The Kier molecular flexibility index (Phi) is 3.65. The number of halogens is 1. The highest BCUT2D eigenvalue weighted by atomic mass is 79.9. The topological polar surface area (TPSA) is 24.9 Å². The van der Waals surface area contributed by atoms with Gasteiger partial charge in [0.05, 0.1) is 5.69 Å². The van der Waals surface area contributed by atoms with E-state index in [0.29, 0.717) is 5.41 Å². The molecule has 0 amide bonds. The zero-order valence-corrected chi connectivity index (χ0v) is 11.5. The Morgan fingerprint density at radius 2 is 2.19 bits per heavy atom. The standard InChI is InChI=1S/C13H19BrN2/c1-10(2)13(5-6-13)9-15-8-12-4-3-11(14)7-16-12/h3-4,7,10,15H,5-6,8-9H2,1-2H3. The van der Waals surface area contributed by atoms with E-state index in [1.807, 2.05) is 12.3 Å². The first-order valence-corrected chi connectivity index (χ1v) is 6.73. The molecule has 1 N–H and O–H groups in total. The van der Waals surface area contributed by atoms with Gasteiger partial charge in [0, 0.05) is 23.8 Å². The van der Waals surface area contributed by atoms with Crippen molar-refractivity contribution in [3.05, 3.63) is 28.5 Å². The molecule has 1 saturated carbocycles. The van der Waals surface area contributed by atoms with Crippen LogP contribution in [0.3, 0.4) is 0 Å². The summed E-state index contributed by atoms with van der Waals surface area (Å²) >= 11 is 3.39. The average Bonchev–Trinajstić information content (AvgIpc) is 3.02. The minimum atomic E-state index is 0.579. The summed E-state index contributed by atoms with van der Waals surface area (Å²) in [4.78, 5) is 4.35. The lowest BCUT2D eigenvalue weighted by atomic mass is 9.92. The lowest BCUT2D eigenvalue weighted by molar-refractivity contribution is 0.337. The lowest BCUT2D eigenvalue weighted by Crippen LogP contribution is -2.27. The molecule has 1 aliphatic rings. The molecule has 0 aromatic carbocycles. The van der Waals surface area contributed by atoms with E-state index in [0.717, 1.165) is 29.2 Å². The highest BCUT2D eigenvalue weighted by molar-refractivity contribution is 9.10. The van der Waals surface area contributed by atoms with Crippen molar-refractivity contribution in [1.82, 2.24) is 10.3 Å². The highest BCUT2D eigenvalue weighted by Crippen LogP contribution is 2.51. The van der Waals surface area contributed by atoms with Crippen LogP contribution in [0.25, 0.3) is 0 Å². The Bertz CT molecular complexity index is 341. The third-order valence-corrected chi connectivity index (χ3v) is 4.16. The van der Waals surface area contributed by atoms with Crippen LogP contribution in [0.1, 0.15) is 32.4 Å². The van der Waals surface area contributed by atoms with Crippen LogP contribution in [-0.2, 0) is 6.54 Å². The summed E-state index contributed by atoms with van der Waals surface area (Å²) in [6, 6.07) is 4.10. The van der Waals surface area contributed by atoms with E-state index in [9.17, 15) is 0 Å².